The Bertz CT molecular complexity index is 396. The van der Waals surface area contributed by atoms with Crippen molar-refractivity contribution in [1.82, 2.24) is 0 Å². The molecule has 18 heavy (non-hydrogen) atoms. The fourth-order valence-corrected chi connectivity index (χ4v) is 6.47. The number of hydrogen-bond donors (Lipinski definition) is 0. The fourth-order valence-electron chi connectivity index (χ4n) is 5.30. The molecule has 1 heteroatoms. The highest BCUT2D eigenvalue weighted by atomic mass is 79.9. The Labute approximate surface area is 118 Å². The van der Waals surface area contributed by atoms with Crippen molar-refractivity contribution in [2.45, 2.75) is 36.9 Å². The van der Waals surface area contributed by atoms with Crippen LogP contribution in [0.1, 0.15) is 42.5 Å². The second-order valence-electron chi connectivity index (χ2n) is 6.82. The molecular formula is C17H21Br. The maximum Gasteiger partial charge on any atom is 0.0428 e. The van der Waals surface area contributed by atoms with E-state index in [1.807, 2.05) is 0 Å². The van der Waals surface area contributed by atoms with E-state index >= 15 is 0 Å². The molecule has 0 aliphatic heterocycles. The molecule has 0 spiro atoms. The van der Waals surface area contributed by atoms with Gasteiger partial charge in [0.05, 0.1) is 0 Å². The molecule has 1 aromatic rings. The number of rotatable bonds is 2. The fraction of sp³-hybridized carbons (Fsp3) is 0.647. The first-order valence-electron chi connectivity index (χ1n) is 7.50. The molecule has 0 aromatic heterocycles. The van der Waals surface area contributed by atoms with Crippen LogP contribution in [0.5, 0.6) is 0 Å². The minimum absolute atomic E-state index is 0.591. The first kappa shape index (κ1) is 11.5. The monoisotopic (exact) mass is 304 g/mol. The summed E-state index contributed by atoms with van der Waals surface area (Å²) in [5, 5.41) is 0. The molecule has 4 aliphatic carbocycles. The third-order valence-corrected chi connectivity index (χ3v) is 6.89. The zero-order valence-electron chi connectivity index (χ0n) is 10.8. The van der Waals surface area contributed by atoms with Gasteiger partial charge in [0.2, 0.25) is 0 Å². The van der Waals surface area contributed by atoms with Gasteiger partial charge in [-0.05, 0) is 67.3 Å². The topological polar surface area (TPSA) is 0 Å². The minimum atomic E-state index is 0.591. The molecule has 4 bridgehead atoms. The first-order chi connectivity index (χ1) is 8.81. The van der Waals surface area contributed by atoms with Crippen molar-refractivity contribution in [1.29, 1.82) is 0 Å². The van der Waals surface area contributed by atoms with E-state index in [9.17, 15) is 0 Å². The van der Waals surface area contributed by atoms with Gasteiger partial charge in [-0.1, -0.05) is 46.3 Å². The summed E-state index contributed by atoms with van der Waals surface area (Å²) in [5.74, 6) is 5.08. The largest absolute Gasteiger partial charge is 0.0836 e. The van der Waals surface area contributed by atoms with Crippen LogP contribution in [0.15, 0.2) is 30.3 Å². The van der Waals surface area contributed by atoms with E-state index in [1.165, 1.54) is 31.2 Å². The number of halogens is 1. The van der Waals surface area contributed by atoms with Crippen LogP contribution in [0, 0.1) is 29.6 Å². The number of alkyl halides is 1. The zero-order chi connectivity index (χ0) is 12.1. The normalized spacial score (nSPS) is 43.1. The molecule has 96 valence electrons. The zero-order valence-corrected chi connectivity index (χ0v) is 12.4. The van der Waals surface area contributed by atoms with E-state index in [2.05, 4.69) is 46.3 Å². The van der Waals surface area contributed by atoms with Crippen LogP contribution < -0.4 is 0 Å². The molecule has 5 rings (SSSR count). The molecule has 0 amide bonds. The van der Waals surface area contributed by atoms with Crippen LogP contribution in [0.3, 0.4) is 0 Å². The number of benzene rings is 1. The van der Waals surface area contributed by atoms with Gasteiger partial charge in [0.15, 0.2) is 0 Å². The standard InChI is InChI=1S/C17H21Br/c18-17(13-4-2-1-3-5-13)16-14-7-11-6-12(9-14)10-15(16)8-11/h1-5,11-12,14-17H,6-10H2. The summed E-state index contributed by atoms with van der Waals surface area (Å²) in [6.07, 6.45) is 7.64. The molecule has 0 heterocycles. The van der Waals surface area contributed by atoms with Gasteiger partial charge in [0.1, 0.15) is 0 Å². The van der Waals surface area contributed by atoms with Gasteiger partial charge < -0.3 is 0 Å². The summed E-state index contributed by atoms with van der Waals surface area (Å²) in [6, 6.07) is 11.1. The van der Waals surface area contributed by atoms with Gasteiger partial charge in [0, 0.05) is 4.83 Å². The molecule has 0 nitrogen and oxygen atoms in total. The lowest BCUT2D eigenvalue weighted by molar-refractivity contribution is -0.0364. The van der Waals surface area contributed by atoms with Gasteiger partial charge in [-0.25, -0.2) is 0 Å². The Morgan fingerprint density at radius 3 is 1.94 bits per heavy atom. The molecule has 0 N–H and O–H groups in total. The average molecular weight is 305 g/mol. The first-order valence-corrected chi connectivity index (χ1v) is 8.42. The quantitative estimate of drug-likeness (QED) is 0.659. The van der Waals surface area contributed by atoms with Gasteiger partial charge >= 0.3 is 0 Å². The summed E-state index contributed by atoms with van der Waals surface area (Å²) in [6.45, 7) is 0. The molecule has 0 radical (unpaired) electrons. The van der Waals surface area contributed by atoms with Crippen molar-refractivity contribution < 1.29 is 0 Å². The van der Waals surface area contributed by atoms with Crippen molar-refractivity contribution >= 4 is 15.9 Å². The molecule has 4 aliphatic rings. The Balaban J connectivity index is 1.61. The maximum atomic E-state index is 4.04. The van der Waals surface area contributed by atoms with E-state index in [-0.39, 0.29) is 0 Å². The highest BCUT2D eigenvalue weighted by Gasteiger charge is 2.50. The van der Waals surface area contributed by atoms with Gasteiger partial charge in [0.25, 0.3) is 0 Å². The highest BCUT2D eigenvalue weighted by Crippen LogP contribution is 2.60. The van der Waals surface area contributed by atoms with E-state index in [4.69, 9.17) is 0 Å². The van der Waals surface area contributed by atoms with Crippen molar-refractivity contribution in [2.24, 2.45) is 29.6 Å². The summed E-state index contributed by atoms with van der Waals surface area (Å²) in [7, 11) is 0. The maximum absolute atomic E-state index is 4.04. The predicted molar refractivity (Wildman–Crippen MR) is 78.6 cm³/mol. The lowest BCUT2D eigenvalue weighted by Gasteiger charge is -2.55. The van der Waals surface area contributed by atoms with E-state index in [0.717, 1.165) is 29.6 Å². The SMILES string of the molecule is BrC(c1ccccc1)C1C2CC3CC(C2)CC1C3. The minimum Gasteiger partial charge on any atom is -0.0836 e. The molecule has 4 saturated carbocycles. The van der Waals surface area contributed by atoms with Crippen LogP contribution in [-0.2, 0) is 0 Å². The van der Waals surface area contributed by atoms with Crippen LogP contribution >= 0.6 is 15.9 Å². The second-order valence-corrected chi connectivity index (χ2v) is 7.81. The molecule has 1 unspecified atom stereocenters. The molecule has 1 atom stereocenters. The Morgan fingerprint density at radius 1 is 0.833 bits per heavy atom. The Morgan fingerprint density at radius 2 is 1.39 bits per heavy atom. The third kappa shape index (κ3) is 1.78. The smallest absolute Gasteiger partial charge is 0.0428 e. The molecule has 1 aromatic carbocycles. The molecular weight excluding hydrogens is 284 g/mol. The van der Waals surface area contributed by atoms with Crippen LogP contribution in [0.25, 0.3) is 0 Å². The van der Waals surface area contributed by atoms with Crippen molar-refractivity contribution in [2.75, 3.05) is 0 Å². The number of hydrogen-bond acceptors (Lipinski definition) is 0. The summed E-state index contributed by atoms with van der Waals surface area (Å²) >= 11 is 4.04. The molecule has 0 saturated heterocycles. The van der Waals surface area contributed by atoms with E-state index in [0.29, 0.717) is 4.83 Å². The third-order valence-electron chi connectivity index (χ3n) is 5.76. The van der Waals surface area contributed by atoms with Crippen molar-refractivity contribution in [3.8, 4) is 0 Å². The van der Waals surface area contributed by atoms with E-state index < -0.39 is 0 Å². The lowest BCUT2D eigenvalue weighted by Crippen LogP contribution is -2.46. The van der Waals surface area contributed by atoms with Crippen LogP contribution in [0.2, 0.25) is 0 Å². The van der Waals surface area contributed by atoms with Crippen LogP contribution in [-0.4, -0.2) is 0 Å². The van der Waals surface area contributed by atoms with Crippen molar-refractivity contribution in [3.05, 3.63) is 35.9 Å². The van der Waals surface area contributed by atoms with Crippen LogP contribution in [0.4, 0.5) is 0 Å². The van der Waals surface area contributed by atoms with Gasteiger partial charge in [-0.2, -0.15) is 0 Å². The lowest BCUT2D eigenvalue weighted by atomic mass is 9.51. The van der Waals surface area contributed by atoms with Gasteiger partial charge in [-0.15, -0.1) is 0 Å². The second kappa shape index (κ2) is 4.37. The summed E-state index contributed by atoms with van der Waals surface area (Å²) < 4.78 is 0. The Kier molecular flexibility index (Phi) is 2.80. The van der Waals surface area contributed by atoms with E-state index in [1.54, 1.807) is 6.42 Å². The summed E-state index contributed by atoms with van der Waals surface area (Å²) in [5.41, 5.74) is 1.50. The Hall–Kier alpha value is -0.300. The predicted octanol–water partition coefficient (Wildman–Crippen LogP) is 5.19. The summed E-state index contributed by atoms with van der Waals surface area (Å²) in [4.78, 5) is 0.591. The molecule has 4 fully saturated rings. The van der Waals surface area contributed by atoms with Gasteiger partial charge in [-0.3, -0.25) is 0 Å². The highest BCUT2D eigenvalue weighted by molar-refractivity contribution is 9.09. The van der Waals surface area contributed by atoms with Crippen molar-refractivity contribution in [3.63, 3.8) is 0 Å². The average Bonchev–Trinajstić information content (AvgIpc) is 2.38.